The number of aliphatic hydroxyl groups is 1. The molecule has 14 nitrogen and oxygen atoms in total. The van der Waals surface area contributed by atoms with Crippen molar-refractivity contribution in [1.29, 1.82) is 0 Å². The molecule has 1 fully saturated rings. The highest BCUT2D eigenvalue weighted by Gasteiger charge is 2.41. The van der Waals surface area contributed by atoms with Crippen LogP contribution >= 0.6 is 11.3 Å². The maximum Gasteiger partial charge on any atom is 0.413 e. The van der Waals surface area contributed by atoms with Crippen LogP contribution < -0.4 is 21.3 Å². The summed E-state index contributed by atoms with van der Waals surface area (Å²) in [5.74, 6) is -1.91. The summed E-state index contributed by atoms with van der Waals surface area (Å²) < 4.78 is 10.6. The smallest absolute Gasteiger partial charge is 0.413 e. The van der Waals surface area contributed by atoms with E-state index in [0.717, 1.165) is 11.3 Å². The average Bonchev–Trinajstić information content (AvgIpc) is 3.22. The van der Waals surface area contributed by atoms with E-state index in [9.17, 15) is 19.2 Å². The molecule has 0 bridgehead atoms. The number of ether oxygens (including phenoxy) is 2. The lowest BCUT2D eigenvalue weighted by Crippen LogP contribution is -2.72. The number of anilines is 1. The van der Waals surface area contributed by atoms with Gasteiger partial charge in [0.05, 0.1) is 12.6 Å². The van der Waals surface area contributed by atoms with Crippen molar-refractivity contribution in [1.82, 2.24) is 20.9 Å². The van der Waals surface area contributed by atoms with E-state index in [1.165, 1.54) is 19.2 Å². The number of nitrogens with zero attached hydrogens (tertiary/aromatic N) is 2. The molecule has 2 heterocycles. The second-order valence-corrected chi connectivity index (χ2v) is 12.1. The molecule has 5 N–H and O–H groups in total. The number of rotatable bonds is 11. The summed E-state index contributed by atoms with van der Waals surface area (Å²) in [6, 6.07) is -1.31. The fourth-order valence-corrected chi connectivity index (χ4v) is 3.64. The van der Waals surface area contributed by atoms with Gasteiger partial charge < -0.3 is 35.4 Å². The fraction of sp³-hybridized carbons (Fsp3) is 0.667. The fourth-order valence-electron chi connectivity index (χ4n) is 2.96. The summed E-state index contributed by atoms with van der Waals surface area (Å²) in [5.41, 5.74) is -3.39. The Labute approximate surface area is 231 Å². The summed E-state index contributed by atoms with van der Waals surface area (Å²) in [6.45, 7) is 13.6. The minimum Gasteiger partial charge on any atom is -0.457 e. The van der Waals surface area contributed by atoms with Gasteiger partial charge in [0.2, 0.25) is 11.5 Å². The Balaban J connectivity index is 2.28. The predicted molar refractivity (Wildman–Crippen MR) is 143 cm³/mol. The van der Waals surface area contributed by atoms with Crippen molar-refractivity contribution in [3.63, 3.8) is 0 Å². The van der Waals surface area contributed by atoms with Gasteiger partial charge in [-0.3, -0.25) is 14.9 Å². The molecular weight excluding hydrogens is 532 g/mol. The quantitative estimate of drug-likeness (QED) is 0.0840. The number of thiazole rings is 1. The maximum atomic E-state index is 13.3. The maximum absolute atomic E-state index is 13.3. The molecule has 15 heteroatoms. The average molecular weight is 571 g/mol. The molecule has 1 aromatic heterocycles. The molecule has 1 aromatic rings. The summed E-state index contributed by atoms with van der Waals surface area (Å²) in [7, 11) is 0. The number of nitrogens with one attached hydrogen (secondary N) is 4. The molecule has 218 valence electrons. The zero-order chi connectivity index (χ0) is 29.6. The lowest BCUT2D eigenvalue weighted by atomic mass is 9.98. The van der Waals surface area contributed by atoms with Gasteiger partial charge in [0.1, 0.15) is 22.9 Å². The van der Waals surface area contributed by atoms with E-state index < -0.39 is 52.8 Å². The van der Waals surface area contributed by atoms with Gasteiger partial charge >= 0.3 is 12.1 Å². The van der Waals surface area contributed by atoms with Crippen LogP contribution in [0.2, 0.25) is 0 Å². The minimum atomic E-state index is -1.57. The number of esters is 1. The first-order valence-electron chi connectivity index (χ1n) is 12.3. The number of amides is 3. The number of oxime groups is 1. The molecule has 2 atom stereocenters. The van der Waals surface area contributed by atoms with Crippen LogP contribution in [-0.4, -0.2) is 88.3 Å². The molecular formula is C24H38N6O8S. The van der Waals surface area contributed by atoms with Gasteiger partial charge in [0.25, 0.3) is 5.91 Å². The molecule has 0 unspecified atom stereocenters. The third-order valence-corrected chi connectivity index (χ3v) is 5.54. The first-order chi connectivity index (χ1) is 17.9. The van der Waals surface area contributed by atoms with Crippen LogP contribution in [0.3, 0.4) is 0 Å². The van der Waals surface area contributed by atoms with E-state index in [1.807, 2.05) is 0 Å². The topological polar surface area (TPSA) is 190 Å². The molecule has 0 spiro atoms. The Morgan fingerprint density at radius 2 is 1.74 bits per heavy atom. The minimum absolute atomic E-state index is 0.0261. The highest BCUT2D eigenvalue weighted by molar-refractivity contribution is 7.14. The normalized spacial score (nSPS) is 18.0. The molecule has 3 amide bonds. The standard InChI is InChI=1S/C24H38N6O8S/c1-22(2,3)36-19(34)24(7,8)38-30-16(14-12-39-20(27-14)29-21(35)37-23(4,5)6)18(33)28-15-13(26-17(15)32)11-25-9-10-31/h12-13,15,25,31H,9-11H2,1-8H3,(H,26,32)(H,28,33)(H,27,29,35)/b30-16+/t13-,15+/m1/s1. The number of aromatic nitrogens is 1. The van der Waals surface area contributed by atoms with Crippen LogP contribution in [0, 0.1) is 0 Å². The summed E-state index contributed by atoms with van der Waals surface area (Å²) in [6.07, 6.45) is -0.738. The van der Waals surface area contributed by atoms with Crippen LogP contribution in [0.25, 0.3) is 0 Å². The Kier molecular flexibility index (Phi) is 10.4. The Bertz CT molecular complexity index is 1090. The molecule has 1 saturated heterocycles. The molecule has 39 heavy (non-hydrogen) atoms. The van der Waals surface area contributed by atoms with E-state index >= 15 is 0 Å². The van der Waals surface area contributed by atoms with Crippen molar-refractivity contribution in [3.05, 3.63) is 11.1 Å². The van der Waals surface area contributed by atoms with Crippen LogP contribution in [0.5, 0.6) is 0 Å². The summed E-state index contributed by atoms with van der Waals surface area (Å²) in [5, 5.41) is 25.2. The second kappa shape index (κ2) is 12.7. The lowest BCUT2D eigenvalue weighted by Gasteiger charge is -2.37. The van der Waals surface area contributed by atoms with E-state index in [2.05, 4.69) is 31.4 Å². The van der Waals surface area contributed by atoms with E-state index in [1.54, 1.807) is 41.5 Å². The predicted octanol–water partition coefficient (Wildman–Crippen LogP) is 0.896. The van der Waals surface area contributed by atoms with Crippen LogP contribution in [-0.2, 0) is 28.7 Å². The third-order valence-electron chi connectivity index (χ3n) is 4.78. The van der Waals surface area contributed by atoms with Gasteiger partial charge in [0, 0.05) is 18.5 Å². The van der Waals surface area contributed by atoms with Crippen molar-refractivity contribution >= 4 is 46.1 Å². The molecule has 0 saturated carbocycles. The lowest BCUT2D eigenvalue weighted by molar-refractivity contribution is -0.179. The highest BCUT2D eigenvalue weighted by atomic mass is 32.1. The zero-order valence-electron chi connectivity index (χ0n) is 23.5. The monoisotopic (exact) mass is 570 g/mol. The number of β-lactam (4-membered cyclic amide) rings is 1. The number of hydrogen-bond acceptors (Lipinski definition) is 12. The van der Waals surface area contributed by atoms with Crippen LogP contribution in [0.1, 0.15) is 61.1 Å². The molecule has 0 aliphatic carbocycles. The second-order valence-electron chi connectivity index (χ2n) is 11.2. The molecule has 0 aromatic carbocycles. The van der Waals surface area contributed by atoms with E-state index in [-0.39, 0.29) is 23.1 Å². The largest absolute Gasteiger partial charge is 0.457 e. The summed E-state index contributed by atoms with van der Waals surface area (Å²) in [4.78, 5) is 59.9. The zero-order valence-corrected chi connectivity index (χ0v) is 24.3. The van der Waals surface area contributed by atoms with Gasteiger partial charge in [-0.15, -0.1) is 11.3 Å². The van der Waals surface area contributed by atoms with Gasteiger partial charge in [-0.25, -0.2) is 14.6 Å². The number of carbonyl (C=O) groups excluding carboxylic acids is 4. The Hall–Kier alpha value is -3.30. The van der Waals surface area contributed by atoms with Gasteiger partial charge in [0.15, 0.2) is 10.8 Å². The first-order valence-corrected chi connectivity index (χ1v) is 13.2. The van der Waals surface area contributed by atoms with Gasteiger partial charge in [-0.2, -0.15) is 0 Å². The SMILES string of the molecule is CC(C)(C)OC(=O)Nc1nc(/C(=N\OC(C)(C)C(=O)OC(C)(C)C)C(=O)N[C@@H]2C(=O)N[C@@H]2CNCCO)cs1. The number of aliphatic hydroxyl groups excluding tert-OH is 1. The van der Waals surface area contributed by atoms with Crippen molar-refractivity contribution in [2.24, 2.45) is 5.16 Å². The Morgan fingerprint density at radius 1 is 1.10 bits per heavy atom. The number of hydrogen-bond donors (Lipinski definition) is 5. The van der Waals surface area contributed by atoms with E-state index in [0.29, 0.717) is 13.1 Å². The van der Waals surface area contributed by atoms with Crippen LogP contribution in [0.15, 0.2) is 10.5 Å². The summed E-state index contributed by atoms with van der Waals surface area (Å²) >= 11 is 1.01. The third kappa shape index (κ3) is 10.1. The highest BCUT2D eigenvalue weighted by Crippen LogP contribution is 2.21. The Morgan fingerprint density at radius 3 is 2.31 bits per heavy atom. The van der Waals surface area contributed by atoms with Gasteiger partial charge in [-0.05, 0) is 55.4 Å². The van der Waals surface area contributed by atoms with Crippen molar-refractivity contribution in [2.75, 3.05) is 25.0 Å². The van der Waals surface area contributed by atoms with Gasteiger partial charge in [-0.1, -0.05) is 5.16 Å². The molecule has 2 rings (SSSR count). The van der Waals surface area contributed by atoms with Crippen LogP contribution in [0.4, 0.5) is 9.93 Å². The van der Waals surface area contributed by atoms with Crippen molar-refractivity contribution in [2.45, 2.75) is 84.3 Å². The van der Waals surface area contributed by atoms with E-state index in [4.69, 9.17) is 19.4 Å². The molecule has 0 radical (unpaired) electrons. The van der Waals surface area contributed by atoms with Crippen molar-refractivity contribution in [3.8, 4) is 0 Å². The number of carbonyl (C=O) groups is 4. The molecule has 1 aliphatic heterocycles. The van der Waals surface area contributed by atoms with Crippen molar-refractivity contribution < 1.29 is 38.6 Å². The first kappa shape index (κ1) is 31.9. The molecule has 1 aliphatic rings.